The molecule has 1 aromatic carbocycles. The molecule has 0 radical (unpaired) electrons. The Kier molecular flexibility index (Phi) is 6.63. The van der Waals surface area contributed by atoms with Crippen LogP contribution in [0.1, 0.15) is 26.3 Å². The van der Waals surface area contributed by atoms with Gasteiger partial charge in [0.15, 0.2) is 0 Å². The highest BCUT2D eigenvalue weighted by Gasteiger charge is 2.15. The van der Waals surface area contributed by atoms with Gasteiger partial charge in [0.05, 0.1) is 6.10 Å². The van der Waals surface area contributed by atoms with Gasteiger partial charge in [-0.15, -0.1) is 12.4 Å². The topological polar surface area (TPSA) is 24.5 Å². The number of nitrogens with zero attached hydrogens (tertiary/aromatic N) is 1. The molecule has 0 amide bonds. The lowest BCUT2D eigenvalue weighted by molar-refractivity contribution is 0.199. The number of halogens is 1. The lowest BCUT2D eigenvalue weighted by atomic mass is 10.1. The Morgan fingerprint density at radius 1 is 1.32 bits per heavy atom. The molecule has 0 unspecified atom stereocenters. The lowest BCUT2D eigenvalue weighted by Crippen LogP contribution is -2.48. The van der Waals surface area contributed by atoms with Crippen molar-refractivity contribution in [1.82, 2.24) is 10.2 Å². The summed E-state index contributed by atoms with van der Waals surface area (Å²) in [6.45, 7) is 10.7. The first kappa shape index (κ1) is 16.3. The molecule has 0 aromatic heterocycles. The van der Waals surface area contributed by atoms with Crippen LogP contribution in [0.3, 0.4) is 0 Å². The van der Waals surface area contributed by atoms with Crippen LogP contribution in [0.2, 0.25) is 0 Å². The second kappa shape index (κ2) is 7.73. The first-order valence-electron chi connectivity index (χ1n) is 6.85. The highest BCUT2D eigenvalue weighted by Crippen LogP contribution is 2.15. The van der Waals surface area contributed by atoms with Gasteiger partial charge in [-0.2, -0.15) is 0 Å². The molecule has 4 heteroatoms. The van der Waals surface area contributed by atoms with Gasteiger partial charge in [0.2, 0.25) is 0 Å². The SMILES string of the molecule is CC(C)Oc1ccc(CN2CCN[C@@H](C)C2)cc1.Cl. The monoisotopic (exact) mass is 284 g/mol. The zero-order chi connectivity index (χ0) is 13.0. The average Bonchev–Trinajstić information content (AvgIpc) is 2.31. The van der Waals surface area contributed by atoms with Gasteiger partial charge in [-0.3, -0.25) is 4.90 Å². The molecule has 1 fully saturated rings. The molecular weight excluding hydrogens is 260 g/mol. The second-order valence-corrected chi connectivity index (χ2v) is 5.40. The van der Waals surface area contributed by atoms with E-state index < -0.39 is 0 Å². The van der Waals surface area contributed by atoms with Gasteiger partial charge in [-0.05, 0) is 38.5 Å². The summed E-state index contributed by atoms with van der Waals surface area (Å²) < 4.78 is 5.65. The Hall–Kier alpha value is -0.770. The van der Waals surface area contributed by atoms with Gasteiger partial charge in [-0.25, -0.2) is 0 Å². The van der Waals surface area contributed by atoms with E-state index in [1.807, 2.05) is 0 Å². The van der Waals surface area contributed by atoms with Crippen molar-refractivity contribution in [3.63, 3.8) is 0 Å². The van der Waals surface area contributed by atoms with Crippen LogP contribution in [0.5, 0.6) is 5.75 Å². The Morgan fingerprint density at radius 2 is 2.00 bits per heavy atom. The zero-order valence-corrected chi connectivity index (χ0v) is 12.9. The molecule has 0 aliphatic carbocycles. The minimum absolute atomic E-state index is 0. The Labute approximate surface area is 122 Å². The number of nitrogens with one attached hydrogen (secondary N) is 1. The summed E-state index contributed by atoms with van der Waals surface area (Å²) in [4.78, 5) is 2.50. The molecule has 2 rings (SSSR count). The molecule has 1 aromatic rings. The quantitative estimate of drug-likeness (QED) is 0.920. The third-order valence-electron chi connectivity index (χ3n) is 3.15. The molecule has 0 saturated carbocycles. The van der Waals surface area contributed by atoms with Crippen LogP contribution < -0.4 is 10.1 Å². The van der Waals surface area contributed by atoms with Crippen LogP contribution in [-0.2, 0) is 6.54 Å². The average molecular weight is 285 g/mol. The number of hydrogen-bond donors (Lipinski definition) is 1. The van der Waals surface area contributed by atoms with E-state index in [4.69, 9.17) is 4.74 Å². The maximum atomic E-state index is 5.65. The number of benzene rings is 1. The van der Waals surface area contributed by atoms with Crippen LogP contribution in [0.4, 0.5) is 0 Å². The first-order valence-corrected chi connectivity index (χ1v) is 6.85. The Morgan fingerprint density at radius 3 is 2.58 bits per heavy atom. The predicted octanol–water partition coefficient (Wildman–Crippen LogP) is 2.69. The molecular formula is C15H25ClN2O. The molecule has 1 heterocycles. The summed E-state index contributed by atoms with van der Waals surface area (Å²) in [6, 6.07) is 9.08. The van der Waals surface area contributed by atoms with Crippen LogP contribution in [-0.4, -0.2) is 36.7 Å². The fourth-order valence-corrected chi connectivity index (χ4v) is 2.36. The van der Waals surface area contributed by atoms with E-state index in [0.29, 0.717) is 6.04 Å². The fraction of sp³-hybridized carbons (Fsp3) is 0.600. The molecule has 1 aliphatic rings. The van der Waals surface area contributed by atoms with E-state index in [1.165, 1.54) is 5.56 Å². The number of piperazine rings is 1. The van der Waals surface area contributed by atoms with Crippen LogP contribution in [0.15, 0.2) is 24.3 Å². The van der Waals surface area contributed by atoms with E-state index in [0.717, 1.165) is 31.9 Å². The van der Waals surface area contributed by atoms with Crippen LogP contribution in [0.25, 0.3) is 0 Å². The second-order valence-electron chi connectivity index (χ2n) is 5.40. The number of ether oxygens (including phenoxy) is 1. The van der Waals surface area contributed by atoms with Crippen LogP contribution >= 0.6 is 12.4 Å². The molecule has 108 valence electrons. The smallest absolute Gasteiger partial charge is 0.119 e. The van der Waals surface area contributed by atoms with Gasteiger partial charge in [-0.1, -0.05) is 12.1 Å². The van der Waals surface area contributed by atoms with E-state index in [1.54, 1.807) is 0 Å². The van der Waals surface area contributed by atoms with Crippen molar-refractivity contribution in [3.8, 4) is 5.75 Å². The summed E-state index contributed by atoms with van der Waals surface area (Å²) in [5.74, 6) is 0.961. The first-order chi connectivity index (χ1) is 8.63. The highest BCUT2D eigenvalue weighted by atomic mass is 35.5. The van der Waals surface area contributed by atoms with Crippen molar-refractivity contribution >= 4 is 12.4 Å². The number of rotatable bonds is 4. The van der Waals surface area contributed by atoms with Crippen molar-refractivity contribution < 1.29 is 4.74 Å². The third-order valence-corrected chi connectivity index (χ3v) is 3.15. The van der Waals surface area contributed by atoms with E-state index in [-0.39, 0.29) is 18.5 Å². The standard InChI is InChI=1S/C15H24N2O.ClH/c1-12(2)18-15-6-4-14(5-7-15)11-17-9-8-16-13(3)10-17;/h4-7,12-13,16H,8-11H2,1-3H3;1H/t13-;/m0./s1. The molecule has 1 saturated heterocycles. The van der Waals surface area contributed by atoms with Gasteiger partial charge in [0.25, 0.3) is 0 Å². The lowest BCUT2D eigenvalue weighted by Gasteiger charge is -2.31. The largest absolute Gasteiger partial charge is 0.491 e. The van der Waals surface area contributed by atoms with Crippen molar-refractivity contribution in [2.24, 2.45) is 0 Å². The summed E-state index contributed by atoms with van der Waals surface area (Å²) in [6.07, 6.45) is 0.241. The Bertz CT molecular complexity index is 367. The highest BCUT2D eigenvalue weighted by molar-refractivity contribution is 5.85. The minimum Gasteiger partial charge on any atom is -0.491 e. The zero-order valence-electron chi connectivity index (χ0n) is 12.1. The summed E-state index contributed by atoms with van der Waals surface area (Å²) in [5, 5.41) is 3.47. The van der Waals surface area contributed by atoms with Gasteiger partial charge >= 0.3 is 0 Å². The van der Waals surface area contributed by atoms with Crippen molar-refractivity contribution in [2.45, 2.75) is 39.5 Å². The minimum atomic E-state index is 0. The molecule has 0 bridgehead atoms. The third kappa shape index (κ3) is 5.39. The molecule has 0 spiro atoms. The van der Waals surface area contributed by atoms with E-state index in [2.05, 4.69) is 55.3 Å². The molecule has 19 heavy (non-hydrogen) atoms. The molecule has 1 aliphatic heterocycles. The fourth-order valence-electron chi connectivity index (χ4n) is 2.36. The van der Waals surface area contributed by atoms with Crippen molar-refractivity contribution in [3.05, 3.63) is 29.8 Å². The van der Waals surface area contributed by atoms with Gasteiger partial charge in [0, 0.05) is 32.2 Å². The summed E-state index contributed by atoms with van der Waals surface area (Å²) in [7, 11) is 0. The molecule has 1 N–H and O–H groups in total. The van der Waals surface area contributed by atoms with Gasteiger partial charge < -0.3 is 10.1 Å². The van der Waals surface area contributed by atoms with E-state index in [9.17, 15) is 0 Å². The number of hydrogen-bond acceptors (Lipinski definition) is 3. The van der Waals surface area contributed by atoms with E-state index >= 15 is 0 Å². The van der Waals surface area contributed by atoms with Crippen molar-refractivity contribution in [1.29, 1.82) is 0 Å². The molecule has 3 nitrogen and oxygen atoms in total. The van der Waals surface area contributed by atoms with Crippen molar-refractivity contribution in [2.75, 3.05) is 19.6 Å². The summed E-state index contributed by atoms with van der Waals surface area (Å²) >= 11 is 0. The van der Waals surface area contributed by atoms with Gasteiger partial charge in [0.1, 0.15) is 5.75 Å². The summed E-state index contributed by atoms with van der Waals surface area (Å²) in [5.41, 5.74) is 1.36. The maximum Gasteiger partial charge on any atom is 0.119 e. The Balaban J connectivity index is 0.00000180. The predicted molar refractivity (Wildman–Crippen MR) is 82.2 cm³/mol. The van der Waals surface area contributed by atoms with Crippen LogP contribution in [0, 0.1) is 0 Å². The maximum absolute atomic E-state index is 5.65. The normalized spacial score (nSPS) is 20.1. The molecule has 1 atom stereocenters.